The number of hydrogen-bond acceptors (Lipinski definition) is 2. The van der Waals surface area contributed by atoms with Crippen molar-refractivity contribution in [2.45, 2.75) is 25.7 Å². The number of carbonyl (C=O) groups is 1. The molecule has 1 heterocycles. The van der Waals surface area contributed by atoms with E-state index >= 15 is 0 Å². The monoisotopic (exact) mass is 219 g/mol. The first-order chi connectivity index (χ1) is 7.74. The number of carboxylic acid groups (broad SMARTS) is 1. The molecule has 1 aromatic rings. The summed E-state index contributed by atoms with van der Waals surface area (Å²) in [5.41, 5.74) is 2.07. The van der Waals surface area contributed by atoms with E-state index in [4.69, 9.17) is 0 Å². The van der Waals surface area contributed by atoms with Gasteiger partial charge in [0.1, 0.15) is 0 Å². The molecule has 86 valence electrons. The number of rotatable bonds is 3. The Bertz CT molecular complexity index is 389. The number of para-hydroxylation sites is 1. The van der Waals surface area contributed by atoms with Crippen LogP contribution in [0.3, 0.4) is 0 Å². The van der Waals surface area contributed by atoms with Gasteiger partial charge in [0.15, 0.2) is 0 Å². The number of fused-ring (bicyclic) bond motifs is 1. The third kappa shape index (κ3) is 1.90. The Hall–Kier alpha value is -1.51. The molecule has 16 heavy (non-hydrogen) atoms. The molecule has 3 heteroatoms. The Morgan fingerprint density at radius 1 is 1.50 bits per heavy atom. The van der Waals surface area contributed by atoms with Gasteiger partial charge in [-0.05, 0) is 24.5 Å². The number of hydrogen-bond donors (Lipinski definition) is 1. The second-order valence-electron chi connectivity index (χ2n) is 4.23. The van der Waals surface area contributed by atoms with Gasteiger partial charge in [-0.2, -0.15) is 0 Å². The van der Waals surface area contributed by atoms with Gasteiger partial charge in [-0.1, -0.05) is 25.1 Å². The summed E-state index contributed by atoms with van der Waals surface area (Å²) in [5, 5.41) is 9.18. The lowest BCUT2D eigenvalue weighted by atomic mass is 9.90. The van der Waals surface area contributed by atoms with Gasteiger partial charge >= 0.3 is 5.97 Å². The third-order valence-electron chi connectivity index (χ3n) is 3.13. The lowest BCUT2D eigenvalue weighted by Crippen LogP contribution is -2.33. The number of anilines is 1. The molecule has 0 aromatic heterocycles. The molecule has 1 aliphatic heterocycles. The Morgan fingerprint density at radius 2 is 2.25 bits per heavy atom. The molecule has 0 amide bonds. The lowest BCUT2D eigenvalue weighted by molar-refractivity contribution is -0.139. The standard InChI is InChI=1S/C13H17NO2/c1-2-8-14-9-7-11(13(15)16)10-5-3-4-6-12(10)14/h3-6,11H,2,7-9H2,1H3,(H,15,16). The van der Waals surface area contributed by atoms with Crippen LogP contribution in [0.2, 0.25) is 0 Å². The van der Waals surface area contributed by atoms with Gasteiger partial charge in [0.05, 0.1) is 5.92 Å². The molecule has 3 nitrogen and oxygen atoms in total. The molecule has 0 saturated carbocycles. The maximum atomic E-state index is 11.2. The van der Waals surface area contributed by atoms with Crippen molar-refractivity contribution in [2.75, 3.05) is 18.0 Å². The van der Waals surface area contributed by atoms with E-state index in [9.17, 15) is 9.90 Å². The summed E-state index contributed by atoms with van der Waals surface area (Å²) in [7, 11) is 0. The Kier molecular flexibility index (Phi) is 3.13. The molecule has 1 aliphatic rings. The van der Waals surface area contributed by atoms with E-state index in [-0.39, 0.29) is 5.92 Å². The summed E-state index contributed by atoms with van der Waals surface area (Å²) in [6.07, 6.45) is 1.80. The van der Waals surface area contributed by atoms with Crippen molar-refractivity contribution in [1.82, 2.24) is 0 Å². The van der Waals surface area contributed by atoms with Crippen LogP contribution in [0.5, 0.6) is 0 Å². The highest BCUT2D eigenvalue weighted by Gasteiger charge is 2.28. The predicted octanol–water partition coefficient (Wildman–Crippen LogP) is 2.47. The van der Waals surface area contributed by atoms with Gasteiger partial charge in [0.2, 0.25) is 0 Å². The first kappa shape index (κ1) is 11.0. The molecular weight excluding hydrogens is 202 g/mol. The van der Waals surface area contributed by atoms with Crippen LogP contribution in [0, 0.1) is 0 Å². The van der Waals surface area contributed by atoms with Crippen LogP contribution >= 0.6 is 0 Å². The maximum absolute atomic E-state index is 11.2. The normalized spacial score (nSPS) is 19.3. The average Bonchev–Trinajstić information content (AvgIpc) is 2.29. The van der Waals surface area contributed by atoms with E-state index in [2.05, 4.69) is 11.8 Å². The Labute approximate surface area is 95.7 Å². The van der Waals surface area contributed by atoms with E-state index in [1.54, 1.807) is 0 Å². The molecule has 0 spiro atoms. The first-order valence-corrected chi connectivity index (χ1v) is 5.80. The summed E-state index contributed by atoms with van der Waals surface area (Å²) < 4.78 is 0. The van der Waals surface area contributed by atoms with Crippen molar-refractivity contribution in [1.29, 1.82) is 0 Å². The van der Waals surface area contributed by atoms with Crippen molar-refractivity contribution in [3.8, 4) is 0 Å². The number of aliphatic carboxylic acids is 1. The molecule has 1 atom stereocenters. The highest BCUT2D eigenvalue weighted by molar-refractivity contribution is 5.80. The van der Waals surface area contributed by atoms with Crippen LogP contribution in [0.1, 0.15) is 31.2 Å². The average molecular weight is 219 g/mol. The summed E-state index contributed by atoms with van der Waals surface area (Å²) >= 11 is 0. The molecule has 0 aliphatic carbocycles. The minimum Gasteiger partial charge on any atom is -0.481 e. The number of carboxylic acids is 1. The second-order valence-corrected chi connectivity index (χ2v) is 4.23. The Morgan fingerprint density at radius 3 is 2.94 bits per heavy atom. The minimum atomic E-state index is -0.705. The topological polar surface area (TPSA) is 40.5 Å². The summed E-state index contributed by atoms with van der Waals surface area (Å²) in [6.45, 7) is 4.00. The van der Waals surface area contributed by atoms with Gasteiger partial charge in [-0.25, -0.2) is 0 Å². The van der Waals surface area contributed by atoms with Gasteiger partial charge in [-0.3, -0.25) is 4.79 Å². The first-order valence-electron chi connectivity index (χ1n) is 5.80. The van der Waals surface area contributed by atoms with Crippen LogP contribution in [-0.4, -0.2) is 24.2 Å². The number of nitrogens with zero attached hydrogens (tertiary/aromatic N) is 1. The molecule has 1 aromatic carbocycles. The van der Waals surface area contributed by atoms with E-state index < -0.39 is 5.97 Å². The van der Waals surface area contributed by atoms with E-state index in [1.165, 1.54) is 0 Å². The predicted molar refractivity (Wildman–Crippen MR) is 63.9 cm³/mol. The fourth-order valence-electron chi connectivity index (χ4n) is 2.39. The van der Waals surface area contributed by atoms with Crippen molar-refractivity contribution in [2.24, 2.45) is 0 Å². The van der Waals surface area contributed by atoms with Crippen molar-refractivity contribution >= 4 is 11.7 Å². The number of benzene rings is 1. The molecule has 0 radical (unpaired) electrons. The zero-order valence-electron chi connectivity index (χ0n) is 9.52. The van der Waals surface area contributed by atoms with E-state index in [0.29, 0.717) is 6.42 Å². The summed E-state index contributed by atoms with van der Waals surface area (Å²) in [6, 6.07) is 7.87. The highest BCUT2D eigenvalue weighted by Crippen LogP contribution is 2.35. The zero-order valence-corrected chi connectivity index (χ0v) is 9.52. The van der Waals surface area contributed by atoms with Crippen LogP contribution in [0.15, 0.2) is 24.3 Å². The molecule has 0 fully saturated rings. The summed E-state index contributed by atoms with van der Waals surface area (Å²) in [5.74, 6) is -1.03. The zero-order chi connectivity index (χ0) is 11.5. The molecule has 1 N–H and O–H groups in total. The smallest absolute Gasteiger partial charge is 0.311 e. The fraction of sp³-hybridized carbons (Fsp3) is 0.462. The van der Waals surface area contributed by atoms with Crippen molar-refractivity contribution < 1.29 is 9.90 Å². The fourth-order valence-corrected chi connectivity index (χ4v) is 2.39. The van der Waals surface area contributed by atoms with E-state index in [1.807, 2.05) is 24.3 Å². The quantitative estimate of drug-likeness (QED) is 0.849. The van der Waals surface area contributed by atoms with Crippen molar-refractivity contribution in [3.63, 3.8) is 0 Å². The third-order valence-corrected chi connectivity index (χ3v) is 3.13. The van der Waals surface area contributed by atoms with Crippen LogP contribution in [0.4, 0.5) is 5.69 Å². The highest BCUT2D eigenvalue weighted by atomic mass is 16.4. The van der Waals surface area contributed by atoms with Crippen LogP contribution in [-0.2, 0) is 4.79 Å². The van der Waals surface area contributed by atoms with Crippen molar-refractivity contribution in [3.05, 3.63) is 29.8 Å². The van der Waals surface area contributed by atoms with Crippen LogP contribution < -0.4 is 4.90 Å². The second kappa shape index (κ2) is 4.56. The van der Waals surface area contributed by atoms with Gasteiger partial charge in [0, 0.05) is 18.8 Å². The molecule has 0 saturated heterocycles. The molecular formula is C13H17NO2. The van der Waals surface area contributed by atoms with E-state index in [0.717, 1.165) is 30.8 Å². The van der Waals surface area contributed by atoms with Gasteiger partial charge < -0.3 is 10.0 Å². The summed E-state index contributed by atoms with van der Waals surface area (Å²) in [4.78, 5) is 13.4. The molecule has 0 bridgehead atoms. The Balaban J connectivity index is 2.36. The largest absolute Gasteiger partial charge is 0.481 e. The van der Waals surface area contributed by atoms with Gasteiger partial charge in [0.25, 0.3) is 0 Å². The SMILES string of the molecule is CCCN1CCC(C(=O)O)c2ccccc21. The van der Waals surface area contributed by atoms with Crippen LogP contribution in [0.25, 0.3) is 0 Å². The maximum Gasteiger partial charge on any atom is 0.311 e. The molecule has 2 rings (SSSR count). The molecule has 1 unspecified atom stereocenters. The lowest BCUT2D eigenvalue weighted by Gasteiger charge is -2.34. The minimum absolute atomic E-state index is 0.329. The van der Waals surface area contributed by atoms with Gasteiger partial charge in [-0.15, -0.1) is 0 Å².